The SMILES string of the molecule is Cc1ccc(C(=O)C(C)OC(=O)c2ccc(Cl)cc2)cc1. The third-order valence-electron chi connectivity index (χ3n) is 3.07. The van der Waals surface area contributed by atoms with E-state index in [0.29, 0.717) is 16.1 Å². The van der Waals surface area contributed by atoms with Crippen molar-refractivity contribution in [1.29, 1.82) is 0 Å². The molecule has 108 valence electrons. The van der Waals surface area contributed by atoms with E-state index in [1.165, 1.54) is 0 Å². The fourth-order valence-corrected chi connectivity index (χ4v) is 1.95. The number of halogens is 1. The normalized spacial score (nSPS) is 11.8. The Bertz CT molecular complexity index is 645. The summed E-state index contributed by atoms with van der Waals surface area (Å²) >= 11 is 5.76. The first kappa shape index (κ1) is 15.3. The highest BCUT2D eigenvalue weighted by atomic mass is 35.5. The van der Waals surface area contributed by atoms with Gasteiger partial charge in [-0.1, -0.05) is 41.4 Å². The molecule has 0 amide bonds. The Morgan fingerprint density at radius 2 is 1.48 bits per heavy atom. The zero-order valence-corrected chi connectivity index (χ0v) is 12.6. The highest BCUT2D eigenvalue weighted by Crippen LogP contribution is 2.13. The third kappa shape index (κ3) is 3.92. The summed E-state index contributed by atoms with van der Waals surface area (Å²) in [4.78, 5) is 24.1. The van der Waals surface area contributed by atoms with Crippen molar-refractivity contribution >= 4 is 23.4 Å². The van der Waals surface area contributed by atoms with Crippen molar-refractivity contribution < 1.29 is 14.3 Å². The van der Waals surface area contributed by atoms with Crippen molar-refractivity contribution in [2.24, 2.45) is 0 Å². The maximum Gasteiger partial charge on any atom is 0.338 e. The van der Waals surface area contributed by atoms with Crippen molar-refractivity contribution in [2.45, 2.75) is 20.0 Å². The first-order valence-electron chi connectivity index (χ1n) is 6.55. The smallest absolute Gasteiger partial charge is 0.338 e. The van der Waals surface area contributed by atoms with Gasteiger partial charge in [0.25, 0.3) is 0 Å². The summed E-state index contributed by atoms with van der Waals surface area (Å²) in [5, 5.41) is 0.537. The number of hydrogen-bond donors (Lipinski definition) is 0. The van der Waals surface area contributed by atoms with Gasteiger partial charge < -0.3 is 4.74 Å². The van der Waals surface area contributed by atoms with E-state index in [1.54, 1.807) is 43.3 Å². The van der Waals surface area contributed by atoms with Gasteiger partial charge in [0.05, 0.1) is 5.56 Å². The molecule has 0 aliphatic rings. The number of hydrogen-bond acceptors (Lipinski definition) is 3. The van der Waals surface area contributed by atoms with E-state index in [-0.39, 0.29) is 5.78 Å². The van der Waals surface area contributed by atoms with Crippen molar-refractivity contribution in [3.63, 3.8) is 0 Å². The summed E-state index contributed by atoms with van der Waals surface area (Å²) in [5.41, 5.74) is 1.96. The molecule has 0 fully saturated rings. The molecule has 1 atom stereocenters. The number of carbonyl (C=O) groups is 2. The Kier molecular flexibility index (Phi) is 4.76. The zero-order valence-electron chi connectivity index (χ0n) is 11.8. The fraction of sp³-hybridized carbons (Fsp3) is 0.176. The average Bonchev–Trinajstić information content (AvgIpc) is 2.47. The van der Waals surface area contributed by atoms with Crippen LogP contribution in [0, 0.1) is 6.92 Å². The van der Waals surface area contributed by atoms with Gasteiger partial charge in [-0.2, -0.15) is 0 Å². The lowest BCUT2D eigenvalue weighted by atomic mass is 10.1. The van der Waals surface area contributed by atoms with Crippen LogP contribution in [0.4, 0.5) is 0 Å². The number of ketones is 1. The van der Waals surface area contributed by atoms with Crippen LogP contribution in [0.2, 0.25) is 5.02 Å². The molecule has 1 unspecified atom stereocenters. The van der Waals surface area contributed by atoms with E-state index in [4.69, 9.17) is 16.3 Å². The van der Waals surface area contributed by atoms with Crippen LogP contribution in [0.25, 0.3) is 0 Å². The van der Waals surface area contributed by atoms with Crippen molar-refractivity contribution in [2.75, 3.05) is 0 Å². The van der Waals surface area contributed by atoms with Gasteiger partial charge in [0, 0.05) is 10.6 Å². The van der Waals surface area contributed by atoms with Gasteiger partial charge in [-0.3, -0.25) is 4.79 Å². The van der Waals surface area contributed by atoms with Gasteiger partial charge in [-0.25, -0.2) is 4.79 Å². The summed E-state index contributed by atoms with van der Waals surface area (Å²) in [6.07, 6.45) is -0.837. The maximum atomic E-state index is 12.2. The summed E-state index contributed by atoms with van der Waals surface area (Å²) in [5.74, 6) is -0.767. The van der Waals surface area contributed by atoms with E-state index in [1.807, 2.05) is 19.1 Å². The van der Waals surface area contributed by atoms with E-state index in [9.17, 15) is 9.59 Å². The molecule has 2 rings (SSSR count). The average molecular weight is 303 g/mol. The van der Waals surface area contributed by atoms with Gasteiger partial charge in [0.2, 0.25) is 5.78 Å². The van der Waals surface area contributed by atoms with Crippen LogP contribution in [0.3, 0.4) is 0 Å². The largest absolute Gasteiger partial charge is 0.451 e. The molecule has 2 aromatic rings. The lowest BCUT2D eigenvalue weighted by Crippen LogP contribution is -2.24. The third-order valence-corrected chi connectivity index (χ3v) is 3.32. The van der Waals surface area contributed by atoms with Crippen LogP contribution in [-0.4, -0.2) is 17.9 Å². The second-order valence-electron chi connectivity index (χ2n) is 4.78. The second kappa shape index (κ2) is 6.55. The first-order valence-corrected chi connectivity index (χ1v) is 6.92. The summed E-state index contributed by atoms with van der Waals surface area (Å²) < 4.78 is 5.19. The Hall–Kier alpha value is -2.13. The predicted octanol–water partition coefficient (Wildman–Crippen LogP) is 4.08. The number of esters is 1. The number of ether oxygens (including phenoxy) is 1. The minimum Gasteiger partial charge on any atom is -0.451 e. The molecule has 0 aliphatic carbocycles. The minimum atomic E-state index is -0.837. The molecule has 0 spiro atoms. The Morgan fingerprint density at radius 3 is 2.05 bits per heavy atom. The van der Waals surface area contributed by atoms with Crippen LogP contribution in [-0.2, 0) is 4.74 Å². The van der Waals surface area contributed by atoms with E-state index >= 15 is 0 Å². The van der Waals surface area contributed by atoms with Crippen LogP contribution in [0.15, 0.2) is 48.5 Å². The highest BCUT2D eigenvalue weighted by Gasteiger charge is 2.20. The Balaban J connectivity index is 2.05. The van der Waals surface area contributed by atoms with Crippen LogP contribution in [0.1, 0.15) is 33.2 Å². The van der Waals surface area contributed by atoms with Gasteiger partial charge in [0.15, 0.2) is 6.10 Å². The van der Waals surface area contributed by atoms with Crippen molar-refractivity contribution in [1.82, 2.24) is 0 Å². The topological polar surface area (TPSA) is 43.4 Å². The lowest BCUT2D eigenvalue weighted by molar-refractivity contribution is 0.0319. The van der Waals surface area contributed by atoms with Gasteiger partial charge in [-0.15, -0.1) is 0 Å². The lowest BCUT2D eigenvalue weighted by Gasteiger charge is -2.12. The van der Waals surface area contributed by atoms with Crippen LogP contribution >= 0.6 is 11.6 Å². The molecule has 21 heavy (non-hydrogen) atoms. The molecule has 3 nitrogen and oxygen atoms in total. The Labute approximate surface area is 128 Å². The number of carbonyl (C=O) groups excluding carboxylic acids is 2. The maximum absolute atomic E-state index is 12.2. The fourth-order valence-electron chi connectivity index (χ4n) is 1.82. The molecule has 0 radical (unpaired) electrons. The van der Waals surface area contributed by atoms with E-state index < -0.39 is 12.1 Å². The first-order chi connectivity index (χ1) is 9.97. The summed E-state index contributed by atoms with van der Waals surface area (Å²) in [7, 11) is 0. The second-order valence-corrected chi connectivity index (χ2v) is 5.22. The van der Waals surface area contributed by atoms with Crippen LogP contribution < -0.4 is 0 Å². The molecule has 0 aromatic heterocycles. The molecule has 0 heterocycles. The van der Waals surface area contributed by atoms with Gasteiger partial charge >= 0.3 is 5.97 Å². The molecular weight excluding hydrogens is 288 g/mol. The molecule has 0 saturated heterocycles. The number of Topliss-reactive ketones (excluding diaryl/α,β-unsaturated/α-hetero) is 1. The zero-order chi connectivity index (χ0) is 15.4. The monoisotopic (exact) mass is 302 g/mol. The molecule has 2 aromatic carbocycles. The molecule has 0 N–H and O–H groups in total. The van der Waals surface area contributed by atoms with Crippen molar-refractivity contribution in [3.05, 3.63) is 70.2 Å². The van der Waals surface area contributed by atoms with Gasteiger partial charge in [-0.05, 0) is 38.1 Å². The predicted molar refractivity (Wildman–Crippen MR) is 81.8 cm³/mol. The molecule has 0 saturated carbocycles. The summed E-state index contributed by atoms with van der Waals surface area (Å²) in [6.45, 7) is 3.51. The standard InChI is InChI=1S/C17H15ClO3/c1-11-3-5-13(6-4-11)16(19)12(2)21-17(20)14-7-9-15(18)10-8-14/h3-10,12H,1-2H3. The Morgan fingerprint density at radius 1 is 0.952 bits per heavy atom. The molecule has 4 heteroatoms. The van der Waals surface area contributed by atoms with Crippen LogP contribution in [0.5, 0.6) is 0 Å². The molecular formula is C17H15ClO3. The molecule has 0 bridgehead atoms. The van der Waals surface area contributed by atoms with Crippen molar-refractivity contribution in [3.8, 4) is 0 Å². The summed E-state index contributed by atoms with van der Waals surface area (Å²) in [6, 6.07) is 13.5. The number of rotatable bonds is 4. The minimum absolute atomic E-state index is 0.225. The number of benzene rings is 2. The van der Waals surface area contributed by atoms with E-state index in [2.05, 4.69) is 0 Å². The molecule has 0 aliphatic heterocycles. The number of aryl methyl sites for hydroxylation is 1. The highest BCUT2D eigenvalue weighted by molar-refractivity contribution is 6.30. The quantitative estimate of drug-likeness (QED) is 0.631. The van der Waals surface area contributed by atoms with E-state index in [0.717, 1.165) is 5.56 Å². The van der Waals surface area contributed by atoms with Gasteiger partial charge in [0.1, 0.15) is 0 Å².